The maximum absolute atomic E-state index is 12.5. The maximum Gasteiger partial charge on any atom is 0.282 e. The van der Waals surface area contributed by atoms with Crippen molar-refractivity contribution in [1.29, 1.82) is 0 Å². The molecule has 0 spiro atoms. The number of fused-ring (bicyclic) bond motifs is 1. The topological polar surface area (TPSA) is 100 Å². The van der Waals surface area contributed by atoms with Crippen molar-refractivity contribution in [3.8, 4) is 11.5 Å². The number of carbonyl (C=O) groups excluding carboxylic acids is 1. The van der Waals surface area contributed by atoms with Crippen LogP contribution in [0.1, 0.15) is 5.69 Å². The van der Waals surface area contributed by atoms with Crippen LogP contribution in [-0.2, 0) is 18.4 Å². The lowest BCUT2D eigenvalue weighted by Crippen LogP contribution is -2.28. The fourth-order valence-electron chi connectivity index (χ4n) is 2.58. The predicted molar refractivity (Wildman–Crippen MR) is 95.7 cm³/mol. The van der Waals surface area contributed by atoms with Gasteiger partial charge in [0.05, 0.1) is 31.9 Å². The van der Waals surface area contributed by atoms with Gasteiger partial charge in [-0.05, 0) is 19.1 Å². The Morgan fingerprint density at radius 1 is 1.23 bits per heavy atom. The second-order valence-electron chi connectivity index (χ2n) is 5.70. The summed E-state index contributed by atoms with van der Waals surface area (Å²) in [7, 11) is 4.77. The van der Waals surface area contributed by atoms with Crippen LogP contribution < -0.4 is 20.3 Å². The first kappa shape index (κ1) is 17.5. The van der Waals surface area contributed by atoms with Crippen molar-refractivity contribution in [1.82, 2.24) is 19.3 Å². The third-order valence-electron chi connectivity index (χ3n) is 4.09. The molecular formula is C17H19N5O4. The molecule has 1 amide bonds. The highest BCUT2D eigenvalue weighted by Gasteiger charge is 2.15. The highest BCUT2D eigenvalue weighted by molar-refractivity contribution is 5.92. The number of aryl methyl sites for hydroxylation is 2. The number of carbonyl (C=O) groups is 1. The number of ether oxygens (including phenoxy) is 2. The van der Waals surface area contributed by atoms with Gasteiger partial charge < -0.3 is 14.8 Å². The first-order valence-electron chi connectivity index (χ1n) is 7.85. The van der Waals surface area contributed by atoms with Gasteiger partial charge in [0.1, 0.15) is 23.6 Å². The van der Waals surface area contributed by atoms with Gasteiger partial charge in [-0.3, -0.25) is 18.8 Å². The number of hydrogen-bond donors (Lipinski definition) is 1. The molecule has 9 nitrogen and oxygen atoms in total. The van der Waals surface area contributed by atoms with Crippen molar-refractivity contribution in [3.63, 3.8) is 0 Å². The zero-order valence-corrected chi connectivity index (χ0v) is 14.9. The molecule has 1 aromatic carbocycles. The number of amides is 1. The minimum Gasteiger partial charge on any atom is -0.497 e. The van der Waals surface area contributed by atoms with E-state index in [9.17, 15) is 9.59 Å². The molecule has 0 saturated heterocycles. The standard InChI is InChI=1S/C17H19N5O4/c1-10-15-16(20-21(10)2)17(24)22(9-18-15)8-14(23)19-12-7-11(25-3)5-6-13(12)26-4/h5-7,9H,8H2,1-4H3,(H,19,23). The van der Waals surface area contributed by atoms with Crippen molar-refractivity contribution in [3.05, 3.63) is 40.6 Å². The van der Waals surface area contributed by atoms with E-state index in [1.807, 2.05) is 6.92 Å². The molecule has 0 atom stereocenters. The number of anilines is 1. The smallest absolute Gasteiger partial charge is 0.282 e. The van der Waals surface area contributed by atoms with E-state index >= 15 is 0 Å². The van der Waals surface area contributed by atoms with Gasteiger partial charge in [-0.2, -0.15) is 5.10 Å². The lowest BCUT2D eigenvalue weighted by molar-refractivity contribution is -0.116. The summed E-state index contributed by atoms with van der Waals surface area (Å²) in [5, 5.41) is 6.89. The summed E-state index contributed by atoms with van der Waals surface area (Å²) >= 11 is 0. The molecule has 0 aliphatic carbocycles. The molecule has 0 unspecified atom stereocenters. The molecule has 2 heterocycles. The normalized spacial score (nSPS) is 10.8. The van der Waals surface area contributed by atoms with Gasteiger partial charge in [0.25, 0.3) is 5.56 Å². The Labute approximate surface area is 149 Å². The summed E-state index contributed by atoms with van der Waals surface area (Å²) in [5.74, 6) is 0.665. The van der Waals surface area contributed by atoms with Gasteiger partial charge in [0.15, 0.2) is 5.52 Å². The fourth-order valence-corrected chi connectivity index (χ4v) is 2.58. The molecule has 0 bridgehead atoms. The molecule has 3 aromatic rings. The van der Waals surface area contributed by atoms with Gasteiger partial charge in [-0.15, -0.1) is 0 Å². The van der Waals surface area contributed by atoms with Crippen LogP contribution in [0.5, 0.6) is 11.5 Å². The van der Waals surface area contributed by atoms with E-state index in [1.54, 1.807) is 29.9 Å². The molecule has 3 rings (SSSR count). The average Bonchev–Trinajstić information content (AvgIpc) is 2.92. The van der Waals surface area contributed by atoms with E-state index in [4.69, 9.17) is 9.47 Å². The molecular weight excluding hydrogens is 338 g/mol. The number of nitrogens with one attached hydrogen (secondary N) is 1. The summed E-state index contributed by atoms with van der Waals surface area (Å²) in [6.07, 6.45) is 1.35. The van der Waals surface area contributed by atoms with Crippen LogP contribution in [-0.4, -0.2) is 39.5 Å². The summed E-state index contributed by atoms with van der Waals surface area (Å²) in [4.78, 5) is 29.2. The van der Waals surface area contributed by atoms with E-state index in [1.165, 1.54) is 25.1 Å². The van der Waals surface area contributed by atoms with Crippen molar-refractivity contribution in [2.45, 2.75) is 13.5 Å². The van der Waals surface area contributed by atoms with Gasteiger partial charge in [-0.25, -0.2) is 4.98 Å². The second-order valence-corrected chi connectivity index (χ2v) is 5.70. The molecule has 0 saturated carbocycles. The maximum atomic E-state index is 12.5. The first-order valence-corrected chi connectivity index (χ1v) is 7.85. The highest BCUT2D eigenvalue weighted by Crippen LogP contribution is 2.28. The number of aromatic nitrogens is 4. The first-order chi connectivity index (χ1) is 12.4. The molecule has 0 radical (unpaired) electrons. The molecule has 1 N–H and O–H groups in total. The molecule has 0 aliphatic rings. The average molecular weight is 357 g/mol. The molecule has 0 fully saturated rings. The number of nitrogens with zero attached hydrogens (tertiary/aromatic N) is 4. The van der Waals surface area contributed by atoms with E-state index in [0.717, 1.165) is 5.69 Å². The lowest BCUT2D eigenvalue weighted by atomic mass is 10.2. The summed E-state index contributed by atoms with van der Waals surface area (Å²) in [6.45, 7) is 1.63. The zero-order valence-electron chi connectivity index (χ0n) is 14.9. The monoisotopic (exact) mass is 357 g/mol. The highest BCUT2D eigenvalue weighted by atomic mass is 16.5. The molecule has 2 aromatic heterocycles. The number of methoxy groups -OCH3 is 2. The Morgan fingerprint density at radius 2 is 2.00 bits per heavy atom. The summed E-state index contributed by atoms with van der Waals surface area (Å²) < 4.78 is 13.2. The molecule has 9 heteroatoms. The number of rotatable bonds is 5. The zero-order chi connectivity index (χ0) is 18.8. The van der Waals surface area contributed by atoms with Crippen molar-refractivity contribution >= 4 is 22.6 Å². The Morgan fingerprint density at radius 3 is 2.69 bits per heavy atom. The number of benzene rings is 1. The quantitative estimate of drug-likeness (QED) is 0.734. The van der Waals surface area contributed by atoms with Crippen LogP contribution in [0.4, 0.5) is 5.69 Å². The third-order valence-corrected chi connectivity index (χ3v) is 4.09. The largest absolute Gasteiger partial charge is 0.497 e. The molecule has 136 valence electrons. The summed E-state index contributed by atoms with van der Waals surface area (Å²) in [5.41, 5.74) is 1.64. The SMILES string of the molecule is COc1ccc(OC)c(NC(=O)Cn2cnc3c(C)n(C)nc3c2=O)c1. The van der Waals surface area contributed by atoms with Crippen LogP contribution in [0, 0.1) is 6.92 Å². The van der Waals surface area contributed by atoms with Gasteiger partial charge in [-0.1, -0.05) is 0 Å². The van der Waals surface area contributed by atoms with Crippen LogP contribution in [0.2, 0.25) is 0 Å². The lowest BCUT2D eigenvalue weighted by Gasteiger charge is -2.12. The van der Waals surface area contributed by atoms with Gasteiger partial charge in [0, 0.05) is 13.1 Å². The van der Waals surface area contributed by atoms with Gasteiger partial charge in [0.2, 0.25) is 5.91 Å². The van der Waals surface area contributed by atoms with E-state index in [-0.39, 0.29) is 17.6 Å². The predicted octanol–water partition coefficient (Wildman–Crippen LogP) is 1.09. The van der Waals surface area contributed by atoms with E-state index in [0.29, 0.717) is 22.7 Å². The summed E-state index contributed by atoms with van der Waals surface area (Å²) in [6, 6.07) is 5.05. The van der Waals surface area contributed by atoms with Gasteiger partial charge >= 0.3 is 0 Å². The Bertz CT molecular complexity index is 1040. The van der Waals surface area contributed by atoms with Crippen LogP contribution in [0.25, 0.3) is 11.0 Å². The van der Waals surface area contributed by atoms with Crippen LogP contribution in [0.3, 0.4) is 0 Å². The van der Waals surface area contributed by atoms with Crippen molar-refractivity contribution < 1.29 is 14.3 Å². The Balaban J connectivity index is 1.86. The molecule has 26 heavy (non-hydrogen) atoms. The third kappa shape index (κ3) is 3.10. The van der Waals surface area contributed by atoms with Crippen LogP contribution >= 0.6 is 0 Å². The second kappa shape index (κ2) is 6.87. The van der Waals surface area contributed by atoms with Crippen molar-refractivity contribution in [2.75, 3.05) is 19.5 Å². The van der Waals surface area contributed by atoms with E-state index < -0.39 is 5.91 Å². The minimum absolute atomic E-state index is 0.197. The van der Waals surface area contributed by atoms with Crippen LogP contribution in [0.15, 0.2) is 29.3 Å². The van der Waals surface area contributed by atoms with E-state index in [2.05, 4.69) is 15.4 Å². The number of hydrogen-bond acceptors (Lipinski definition) is 6. The van der Waals surface area contributed by atoms with Crippen molar-refractivity contribution in [2.24, 2.45) is 7.05 Å². The Hall–Kier alpha value is -3.36. The Kier molecular flexibility index (Phi) is 4.61. The molecule has 0 aliphatic heterocycles. The fraction of sp³-hybridized carbons (Fsp3) is 0.294. The minimum atomic E-state index is -0.396.